The van der Waals surface area contributed by atoms with Gasteiger partial charge in [-0.15, -0.1) is 0 Å². The van der Waals surface area contributed by atoms with Crippen molar-refractivity contribution in [3.8, 4) is 0 Å². The zero-order valence-corrected chi connectivity index (χ0v) is 10.2. The Kier molecular flexibility index (Phi) is 2.63. The van der Waals surface area contributed by atoms with Gasteiger partial charge >= 0.3 is 0 Å². The largest absolute Gasteiger partial charge is 0.321 e. The topological polar surface area (TPSA) is 23.6 Å². The second-order valence-electron chi connectivity index (χ2n) is 4.99. The molecular weight excluding hydrogens is 212 g/mol. The first-order chi connectivity index (χ1) is 8.27. The van der Waals surface area contributed by atoms with E-state index in [1.54, 1.807) is 6.92 Å². The highest BCUT2D eigenvalue weighted by Gasteiger charge is 2.43. The minimum Gasteiger partial charge on any atom is -0.321 e. The third-order valence-corrected chi connectivity index (χ3v) is 3.94. The number of amides is 1. The Bertz CT molecular complexity index is 417. The van der Waals surface area contributed by atoms with E-state index in [1.165, 1.54) is 18.4 Å². The number of carbonyl (C=O) groups excluding carboxylic acids is 1. The molecule has 2 atom stereocenters. The van der Waals surface area contributed by atoms with Gasteiger partial charge in [-0.3, -0.25) is 9.69 Å². The fourth-order valence-electron chi connectivity index (χ4n) is 3.18. The van der Waals surface area contributed by atoms with E-state index in [9.17, 15) is 4.79 Å². The summed E-state index contributed by atoms with van der Waals surface area (Å²) in [5.74, 6) is 0.188. The molecule has 3 heteroatoms. The van der Waals surface area contributed by atoms with Gasteiger partial charge in [-0.2, -0.15) is 0 Å². The molecule has 2 aliphatic rings. The average molecular weight is 230 g/mol. The Hall–Kier alpha value is -1.35. The van der Waals surface area contributed by atoms with Crippen LogP contribution in [0.3, 0.4) is 0 Å². The molecule has 0 spiro atoms. The molecule has 2 fully saturated rings. The molecular formula is C14H18N2O. The molecule has 0 radical (unpaired) electrons. The minimum absolute atomic E-state index is 0.168. The van der Waals surface area contributed by atoms with Crippen molar-refractivity contribution in [3.63, 3.8) is 0 Å². The lowest BCUT2D eigenvalue weighted by molar-refractivity contribution is -0.131. The van der Waals surface area contributed by atoms with Gasteiger partial charge in [-0.1, -0.05) is 30.3 Å². The number of fused-ring (bicyclic) bond motifs is 1. The SMILES string of the molecule is CC(=O)N1CC2CCCN2C1c1ccccc1. The van der Waals surface area contributed by atoms with Crippen LogP contribution in [0.5, 0.6) is 0 Å². The number of nitrogens with zero attached hydrogens (tertiary/aromatic N) is 2. The number of benzene rings is 1. The van der Waals surface area contributed by atoms with E-state index < -0.39 is 0 Å². The Labute approximate surface area is 102 Å². The molecule has 0 aliphatic carbocycles. The first-order valence-corrected chi connectivity index (χ1v) is 6.35. The predicted octanol–water partition coefficient (Wildman–Crippen LogP) is 2.01. The van der Waals surface area contributed by atoms with Gasteiger partial charge in [0, 0.05) is 26.1 Å². The van der Waals surface area contributed by atoms with Crippen molar-refractivity contribution in [2.45, 2.75) is 32.0 Å². The normalized spacial score (nSPS) is 28.4. The third-order valence-electron chi connectivity index (χ3n) is 3.94. The van der Waals surface area contributed by atoms with Crippen molar-refractivity contribution in [2.75, 3.05) is 13.1 Å². The number of rotatable bonds is 1. The van der Waals surface area contributed by atoms with E-state index in [0.717, 1.165) is 13.1 Å². The monoisotopic (exact) mass is 230 g/mol. The Morgan fingerprint density at radius 1 is 1.29 bits per heavy atom. The average Bonchev–Trinajstić information content (AvgIpc) is 2.89. The number of hydrogen-bond donors (Lipinski definition) is 0. The second kappa shape index (κ2) is 4.15. The summed E-state index contributed by atoms with van der Waals surface area (Å²) in [6, 6.07) is 11.0. The van der Waals surface area contributed by atoms with Gasteiger partial charge in [-0.25, -0.2) is 0 Å². The lowest BCUT2D eigenvalue weighted by Gasteiger charge is -2.29. The van der Waals surface area contributed by atoms with E-state index in [4.69, 9.17) is 0 Å². The molecule has 3 rings (SSSR count). The molecule has 0 saturated carbocycles. The van der Waals surface area contributed by atoms with Crippen LogP contribution in [-0.2, 0) is 4.79 Å². The summed E-state index contributed by atoms with van der Waals surface area (Å²) >= 11 is 0. The summed E-state index contributed by atoms with van der Waals surface area (Å²) in [7, 11) is 0. The highest BCUT2D eigenvalue weighted by molar-refractivity contribution is 5.74. The van der Waals surface area contributed by atoms with E-state index in [-0.39, 0.29) is 12.1 Å². The number of carbonyl (C=O) groups is 1. The lowest BCUT2D eigenvalue weighted by atomic mass is 10.1. The molecule has 90 valence electrons. The smallest absolute Gasteiger partial charge is 0.221 e. The Morgan fingerprint density at radius 2 is 2.06 bits per heavy atom. The highest BCUT2D eigenvalue weighted by atomic mass is 16.2. The van der Waals surface area contributed by atoms with Crippen molar-refractivity contribution in [2.24, 2.45) is 0 Å². The van der Waals surface area contributed by atoms with Crippen LogP contribution in [-0.4, -0.2) is 34.8 Å². The Morgan fingerprint density at radius 3 is 2.76 bits per heavy atom. The number of hydrogen-bond acceptors (Lipinski definition) is 2. The molecule has 1 amide bonds. The maximum atomic E-state index is 11.8. The van der Waals surface area contributed by atoms with Gasteiger partial charge in [0.1, 0.15) is 6.17 Å². The van der Waals surface area contributed by atoms with Crippen LogP contribution in [0.1, 0.15) is 31.5 Å². The van der Waals surface area contributed by atoms with Crippen LogP contribution in [0.2, 0.25) is 0 Å². The molecule has 0 bridgehead atoms. The standard InChI is InChI=1S/C14H18N2O/c1-11(17)16-10-13-8-5-9-15(13)14(16)12-6-3-2-4-7-12/h2-4,6-7,13-14H,5,8-10H2,1H3. The molecule has 2 aliphatic heterocycles. The minimum atomic E-state index is 0.168. The van der Waals surface area contributed by atoms with Gasteiger partial charge in [-0.05, 0) is 18.4 Å². The van der Waals surface area contributed by atoms with Crippen molar-refractivity contribution < 1.29 is 4.79 Å². The summed E-state index contributed by atoms with van der Waals surface area (Å²) in [6.07, 6.45) is 2.66. The summed E-state index contributed by atoms with van der Waals surface area (Å²) in [5.41, 5.74) is 1.24. The third kappa shape index (κ3) is 1.75. The first kappa shape index (κ1) is 10.8. The fraction of sp³-hybridized carbons (Fsp3) is 0.500. The van der Waals surface area contributed by atoms with E-state index in [2.05, 4.69) is 29.2 Å². The van der Waals surface area contributed by atoms with Crippen molar-refractivity contribution in [1.82, 2.24) is 9.80 Å². The van der Waals surface area contributed by atoms with Crippen LogP contribution in [0, 0.1) is 0 Å². The van der Waals surface area contributed by atoms with Gasteiger partial charge in [0.2, 0.25) is 5.91 Å². The fourth-order valence-corrected chi connectivity index (χ4v) is 3.18. The van der Waals surface area contributed by atoms with Crippen LogP contribution >= 0.6 is 0 Å². The summed E-state index contributed by atoms with van der Waals surface area (Å²) in [4.78, 5) is 16.3. The molecule has 2 heterocycles. The highest BCUT2D eigenvalue weighted by Crippen LogP contribution is 2.38. The van der Waals surface area contributed by atoms with E-state index >= 15 is 0 Å². The second-order valence-corrected chi connectivity index (χ2v) is 4.99. The van der Waals surface area contributed by atoms with E-state index in [1.807, 2.05) is 11.0 Å². The summed E-state index contributed by atoms with van der Waals surface area (Å²) < 4.78 is 0. The molecule has 2 unspecified atom stereocenters. The van der Waals surface area contributed by atoms with Crippen LogP contribution < -0.4 is 0 Å². The quantitative estimate of drug-likeness (QED) is 0.737. The molecule has 3 nitrogen and oxygen atoms in total. The Balaban J connectivity index is 1.95. The van der Waals surface area contributed by atoms with Crippen molar-refractivity contribution in [3.05, 3.63) is 35.9 Å². The van der Waals surface area contributed by atoms with Crippen LogP contribution in [0.15, 0.2) is 30.3 Å². The maximum Gasteiger partial charge on any atom is 0.221 e. The van der Waals surface area contributed by atoms with Crippen molar-refractivity contribution >= 4 is 5.91 Å². The predicted molar refractivity (Wildman–Crippen MR) is 66.3 cm³/mol. The summed E-state index contributed by atoms with van der Waals surface area (Å²) in [5, 5.41) is 0. The maximum absolute atomic E-state index is 11.8. The molecule has 1 aromatic carbocycles. The first-order valence-electron chi connectivity index (χ1n) is 6.35. The molecule has 0 aromatic heterocycles. The molecule has 2 saturated heterocycles. The van der Waals surface area contributed by atoms with Gasteiger partial charge in [0.05, 0.1) is 0 Å². The lowest BCUT2D eigenvalue weighted by Crippen LogP contribution is -2.33. The molecule has 1 aromatic rings. The van der Waals surface area contributed by atoms with Crippen molar-refractivity contribution in [1.29, 1.82) is 0 Å². The van der Waals surface area contributed by atoms with Crippen LogP contribution in [0.25, 0.3) is 0 Å². The van der Waals surface area contributed by atoms with E-state index in [0.29, 0.717) is 6.04 Å². The van der Waals surface area contributed by atoms with Gasteiger partial charge in [0.15, 0.2) is 0 Å². The summed E-state index contributed by atoms with van der Waals surface area (Å²) in [6.45, 7) is 3.70. The van der Waals surface area contributed by atoms with Gasteiger partial charge in [0.25, 0.3) is 0 Å². The zero-order valence-electron chi connectivity index (χ0n) is 10.2. The van der Waals surface area contributed by atoms with Gasteiger partial charge < -0.3 is 4.90 Å². The van der Waals surface area contributed by atoms with Crippen LogP contribution in [0.4, 0.5) is 0 Å². The molecule has 17 heavy (non-hydrogen) atoms. The zero-order chi connectivity index (χ0) is 11.8. The molecule has 0 N–H and O–H groups in total.